The first kappa shape index (κ1) is 17.7. The third-order valence-corrected chi connectivity index (χ3v) is 3.73. The van der Waals surface area contributed by atoms with Crippen LogP contribution in [0.3, 0.4) is 0 Å². The summed E-state index contributed by atoms with van der Waals surface area (Å²) in [6, 6.07) is 13.1. The lowest BCUT2D eigenvalue weighted by atomic mass is 10.1. The average molecular weight is 328 g/mol. The molecule has 1 atom stereocenters. The van der Waals surface area contributed by atoms with E-state index in [1.54, 1.807) is 18.2 Å². The number of carbonyl (C=O) groups is 1. The Balaban J connectivity index is 2.14. The summed E-state index contributed by atoms with van der Waals surface area (Å²) < 4.78 is 5.64. The molecule has 24 heavy (non-hydrogen) atoms. The standard InChI is InChI=1S/C19H24N2O3/c1-3-4-5-18(19(22)23)24-15-10-11-16(20)17(12-15)21-14-8-6-13(2)7-9-14/h6-12,18,21H,3-5,20H2,1-2H3,(H,22,23). The molecule has 0 aliphatic heterocycles. The first-order chi connectivity index (χ1) is 11.5. The van der Waals surface area contributed by atoms with Crippen LogP contribution in [-0.4, -0.2) is 17.2 Å². The minimum Gasteiger partial charge on any atom is -0.479 e. The second kappa shape index (κ2) is 8.24. The number of aryl methyl sites for hydroxylation is 1. The van der Waals surface area contributed by atoms with E-state index in [2.05, 4.69) is 5.32 Å². The predicted octanol–water partition coefficient (Wildman–Crippen LogP) is 4.34. The Labute approximate surface area is 142 Å². The minimum atomic E-state index is -0.951. The maximum absolute atomic E-state index is 11.3. The summed E-state index contributed by atoms with van der Waals surface area (Å²) in [5, 5.41) is 12.5. The molecule has 0 spiro atoms. The summed E-state index contributed by atoms with van der Waals surface area (Å²) in [6.45, 7) is 4.04. The normalized spacial score (nSPS) is 11.8. The van der Waals surface area contributed by atoms with Crippen LogP contribution < -0.4 is 15.8 Å². The molecule has 5 nitrogen and oxygen atoms in total. The highest BCUT2D eigenvalue weighted by Gasteiger charge is 2.19. The van der Waals surface area contributed by atoms with Gasteiger partial charge < -0.3 is 20.9 Å². The quantitative estimate of drug-likeness (QED) is 0.628. The third-order valence-electron chi connectivity index (χ3n) is 3.73. The molecule has 5 heteroatoms. The number of rotatable bonds is 8. The lowest BCUT2D eigenvalue weighted by molar-refractivity contribution is -0.145. The summed E-state index contributed by atoms with van der Waals surface area (Å²) in [5.74, 6) is -0.462. The van der Waals surface area contributed by atoms with Gasteiger partial charge in [-0.05, 0) is 44.0 Å². The second-order valence-electron chi connectivity index (χ2n) is 5.83. The van der Waals surface area contributed by atoms with E-state index in [1.165, 1.54) is 5.56 Å². The van der Waals surface area contributed by atoms with Gasteiger partial charge in [0.25, 0.3) is 0 Å². The number of carboxylic acid groups (broad SMARTS) is 1. The van der Waals surface area contributed by atoms with Crippen LogP contribution in [0.4, 0.5) is 17.1 Å². The first-order valence-electron chi connectivity index (χ1n) is 8.12. The van der Waals surface area contributed by atoms with Crippen molar-refractivity contribution in [2.45, 2.75) is 39.2 Å². The van der Waals surface area contributed by atoms with E-state index in [-0.39, 0.29) is 0 Å². The number of anilines is 3. The van der Waals surface area contributed by atoms with Crippen LogP contribution in [0.5, 0.6) is 5.75 Å². The largest absolute Gasteiger partial charge is 0.479 e. The second-order valence-corrected chi connectivity index (χ2v) is 5.83. The molecule has 0 aromatic heterocycles. The Bertz CT molecular complexity index is 684. The van der Waals surface area contributed by atoms with Gasteiger partial charge in [0.1, 0.15) is 5.75 Å². The minimum absolute atomic E-state index is 0.483. The molecule has 2 aromatic carbocycles. The summed E-state index contributed by atoms with van der Waals surface area (Å²) in [5.41, 5.74) is 9.35. The van der Waals surface area contributed by atoms with Crippen LogP contribution in [0.1, 0.15) is 31.7 Å². The molecule has 0 amide bonds. The molecule has 0 saturated heterocycles. The number of nitrogens with two attached hydrogens (primary N) is 1. The Morgan fingerprint density at radius 3 is 2.58 bits per heavy atom. The topological polar surface area (TPSA) is 84.6 Å². The van der Waals surface area contributed by atoms with Gasteiger partial charge in [-0.15, -0.1) is 0 Å². The molecular formula is C19H24N2O3. The van der Waals surface area contributed by atoms with E-state index in [9.17, 15) is 9.90 Å². The van der Waals surface area contributed by atoms with Crippen LogP contribution in [0.25, 0.3) is 0 Å². The summed E-state index contributed by atoms with van der Waals surface area (Å²) in [4.78, 5) is 11.3. The SMILES string of the molecule is CCCCC(Oc1ccc(N)c(Nc2ccc(C)cc2)c1)C(=O)O. The van der Waals surface area contributed by atoms with Crippen LogP contribution in [-0.2, 0) is 4.79 Å². The zero-order valence-corrected chi connectivity index (χ0v) is 14.1. The van der Waals surface area contributed by atoms with Crippen LogP contribution in [0, 0.1) is 6.92 Å². The van der Waals surface area contributed by atoms with E-state index in [4.69, 9.17) is 10.5 Å². The van der Waals surface area contributed by atoms with Crippen LogP contribution >= 0.6 is 0 Å². The molecule has 2 rings (SSSR count). The van der Waals surface area contributed by atoms with Crippen molar-refractivity contribution in [1.29, 1.82) is 0 Å². The van der Waals surface area contributed by atoms with Crippen molar-refractivity contribution in [2.24, 2.45) is 0 Å². The molecule has 0 radical (unpaired) electrons. The Kier molecular flexibility index (Phi) is 6.07. The smallest absolute Gasteiger partial charge is 0.344 e. The van der Waals surface area contributed by atoms with Gasteiger partial charge in [-0.25, -0.2) is 4.79 Å². The van der Waals surface area contributed by atoms with Gasteiger partial charge in [0.15, 0.2) is 6.10 Å². The number of ether oxygens (including phenoxy) is 1. The van der Waals surface area contributed by atoms with Crippen molar-refractivity contribution in [2.75, 3.05) is 11.1 Å². The fraction of sp³-hybridized carbons (Fsp3) is 0.316. The van der Waals surface area contributed by atoms with E-state index in [0.29, 0.717) is 23.5 Å². The lowest BCUT2D eigenvalue weighted by Crippen LogP contribution is -2.26. The lowest BCUT2D eigenvalue weighted by Gasteiger charge is -2.17. The van der Waals surface area contributed by atoms with Gasteiger partial charge in [0.2, 0.25) is 0 Å². The molecule has 1 unspecified atom stereocenters. The zero-order valence-electron chi connectivity index (χ0n) is 14.1. The molecule has 128 valence electrons. The highest BCUT2D eigenvalue weighted by atomic mass is 16.5. The van der Waals surface area contributed by atoms with Crippen LogP contribution in [0.2, 0.25) is 0 Å². The van der Waals surface area contributed by atoms with Crippen molar-refractivity contribution in [3.63, 3.8) is 0 Å². The zero-order chi connectivity index (χ0) is 17.5. The fourth-order valence-electron chi connectivity index (χ4n) is 2.30. The summed E-state index contributed by atoms with van der Waals surface area (Å²) in [7, 11) is 0. The van der Waals surface area contributed by atoms with Crippen molar-refractivity contribution < 1.29 is 14.6 Å². The van der Waals surface area contributed by atoms with Crippen molar-refractivity contribution in [3.05, 3.63) is 48.0 Å². The van der Waals surface area contributed by atoms with E-state index < -0.39 is 12.1 Å². The maximum atomic E-state index is 11.3. The number of nitrogen functional groups attached to an aromatic ring is 1. The molecule has 0 aliphatic rings. The molecule has 0 saturated carbocycles. The van der Waals surface area contributed by atoms with Crippen molar-refractivity contribution in [3.8, 4) is 5.75 Å². The van der Waals surface area contributed by atoms with Crippen molar-refractivity contribution >= 4 is 23.0 Å². The molecule has 0 heterocycles. The first-order valence-corrected chi connectivity index (χ1v) is 8.12. The number of hydrogen-bond donors (Lipinski definition) is 3. The van der Waals surface area contributed by atoms with Gasteiger partial charge in [0, 0.05) is 11.8 Å². The number of benzene rings is 2. The molecular weight excluding hydrogens is 304 g/mol. The van der Waals surface area contributed by atoms with Crippen LogP contribution in [0.15, 0.2) is 42.5 Å². The van der Waals surface area contributed by atoms with E-state index >= 15 is 0 Å². The average Bonchev–Trinajstić information content (AvgIpc) is 2.56. The number of nitrogens with one attached hydrogen (secondary N) is 1. The summed E-state index contributed by atoms with van der Waals surface area (Å²) in [6.07, 6.45) is 1.37. The molecule has 4 N–H and O–H groups in total. The Hall–Kier alpha value is -2.69. The van der Waals surface area contributed by atoms with E-state index in [0.717, 1.165) is 18.5 Å². The Morgan fingerprint density at radius 2 is 1.96 bits per heavy atom. The summed E-state index contributed by atoms with van der Waals surface area (Å²) >= 11 is 0. The molecule has 2 aromatic rings. The highest BCUT2D eigenvalue weighted by molar-refractivity contribution is 5.75. The predicted molar refractivity (Wildman–Crippen MR) is 96.9 cm³/mol. The van der Waals surface area contributed by atoms with Gasteiger partial charge in [-0.1, -0.05) is 31.0 Å². The molecule has 0 fully saturated rings. The van der Waals surface area contributed by atoms with Gasteiger partial charge in [-0.2, -0.15) is 0 Å². The Morgan fingerprint density at radius 1 is 1.25 bits per heavy atom. The third kappa shape index (κ3) is 4.91. The van der Waals surface area contributed by atoms with Crippen molar-refractivity contribution in [1.82, 2.24) is 0 Å². The number of aliphatic carboxylic acids is 1. The number of hydrogen-bond acceptors (Lipinski definition) is 4. The van der Waals surface area contributed by atoms with Gasteiger partial charge in [-0.3, -0.25) is 0 Å². The fourth-order valence-corrected chi connectivity index (χ4v) is 2.30. The van der Waals surface area contributed by atoms with E-state index in [1.807, 2.05) is 38.1 Å². The van der Waals surface area contributed by atoms with Gasteiger partial charge in [0.05, 0.1) is 11.4 Å². The number of unbranched alkanes of at least 4 members (excludes halogenated alkanes) is 1. The van der Waals surface area contributed by atoms with Gasteiger partial charge >= 0.3 is 5.97 Å². The molecule has 0 bridgehead atoms. The monoisotopic (exact) mass is 328 g/mol. The maximum Gasteiger partial charge on any atom is 0.344 e. The number of carboxylic acids is 1. The highest BCUT2D eigenvalue weighted by Crippen LogP contribution is 2.29. The molecule has 0 aliphatic carbocycles.